The lowest BCUT2D eigenvalue weighted by Crippen LogP contribution is -2.37. The van der Waals surface area contributed by atoms with Crippen molar-refractivity contribution in [1.29, 1.82) is 0 Å². The van der Waals surface area contributed by atoms with E-state index in [0.717, 1.165) is 22.4 Å². The summed E-state index contributed by atoms with van der Waals surface area (Å²) in [6.45, 7) is 4.79. The van der Waals surface area contributed by atoms with Crippen molar-refractivity contribution >= 4 is 12.0 Å². The Kier molecular flexibility index (Phi) is 6.69. The van der Waals surface area contributed by atoms with E-state index >= 15 is 0 Å². The summed E-state index contributed by atoms with van der Waals surface area (Å²) >= 11 is 0. The molecule has 0 saturated carbocycles. The van der Waals surface area contributed by atoms with Gasteiger partial charge in [-0.1, -0.05) is 12.1 Å². The summed E-state index contributed by atoms with van der Waals surface area (Å²) in [5.74, 6) is 0.0105. The van der Waals surface area contributed by atoms with Crippen molar-refractivity contribution in [1.82, 2.24) is 10.2 Å². The van der Waals surface area contributed by atoms with E-state index in [-0.39, 0.29) is 12.5 Å². The fourth-order valence-corrected chi connectivity index (χ4v) is 2.37. The monoisotopic (exact) mass is 308 g/mol. The van der Waals surface area contributed by atoms with Crippen molar-refractivity contribution in [3.63, 3.8) is 0 Å². The van der Waals surface area contributed by atoms with Crippen LogP contribution in [0.5, 0.6) is 5.75 Å². The van der Waals surface area contributed by atoms with Crippen molar-refractivity contribution in [2.45, 2.75) is 33.2 Å². The minimum atomic E-state index is -0.855. The van der Waals surface area contributed by atoms with Crippen molar-refractivity contribution in [2.75, 3.05) is 20.7 Å². The smallest absolute Gasteiger partial charge is 0.317 e. The number of carboxylic acids is 1. The number of aliphatic carboxylic acids is 1. The molecule has 0 aliphatic carbocycles. The molecule has 1 rings (SSSR count). The molecule has 2 amide bonds. The van der Waals surface area contributed by atoms with E-state index in [2.05, 4.69) is 5.32 Å². The van der Waals surface area contributed by atoms with Gasteiger partial charge in [0.25, 0.3) is 0 Å². The van der Waals surface area contributed by atoms with Crippen LogP contribution in [0, 0.1) is 13.8 Å². The fraction of sp³-hybridized carbons (Fsp3) is 0.500. The summed E-state index contributed by atoms with van der Waals surface area (Å²) in [4.78, 5) is 23.9. The van der Waals surface area contributed by atoms with Crippen LogP contribution in [0.3, 0.4) is 0 Å². The van der Waals surface area contributed by atoms with Crippen molar-refractivity contribution in [3.05, 3.63) is 28.8 Å². The number of hydrogen-bond donors (Lipinski definition) is 2. The molecule has 0 heterocycles. The number of benzene rings is 1. The summed E-state index contributed by atoms with van der Waals surface area (Å²) in [5.41, 5.74) is 3.10. The van der Waals surface area contributed by atoms with Gasteiger partial charge in [-0.05, 0) is 37.0 Å². The third-order valence-corrected chi connectivity index (χ3v) is 3.33. The van der Waals surface area contributed by atoms with E-state index in [0.29, 0.717) is 19.5 Å². The number of nitrogens with zero attached hydrogens (tertiary/aromatic N) is 1. The van der Waals surface area contributed by atoms with Crippen LogP contribution in [0.2, 0.25) is 0 Å². The number of rotatable bonds is 7. The van der Waals surface area contributed by atoms with E-state index in [1.54, 1.807) is 19.1 Å². The average Bonchev–Trinajstić information content (AvgIpc) is 2.42. The van der Waals surface area contributed by atoms with Gasteiger partial charge in [-0.3, -0.25) is 4.79 Å². The van der Waals surface area contributed by atoms with Gasteiger partial charge in [0, 0.05) is 26.6 Å². The number of aryl methyl sites for hydroxylation is 2. The maximum atomic E-state index is 11.9. The van der Waals surface area contributed by atoms with E-state index in [1.807, 2.05) is 26.0 Å². The van der Waals surface area contributed by atoms with Crippen molar-refractivity contribution in [3.8, 4) is 5.75 Å². The number of nitrogens with one attached hydrogen (secondary N) is 1. The zero-order valence-corrected chi connectivity index (χ0v) is 13.6. The molecule has 0 aromatic heterocycles. The molecule has 1 aromatic rings. The van der Waals surface area contributed by atoms with Gasteiger partial charge in [0.05, 0.1) is 7.11 Å². The Hall–Kier alpha value is -2.24. The molecule has 0 radical (unpaired) electrons. The molecule has 0 fully saturated rings. The Balaban J connectivity index is 2.55. The van der Waals surface area contributed by atoms with Gasteiger partial charge in [-0.15, -0.1) is 0 Å². The second-order valence-corrected chi connectivity index (χ2v) is 5.35. The van der Waals surface area contributed by atoms with Gasteiger partial charge in [-0.2, -0.15) is 0 Å². The first-order valence-electron chi connectivity index (χ1n) is 7.20. The minimum Gasteiger partial charge on any atom is -0.496 e. The molecular formula is C16H24N2O4. The Morgan fingerprint density at radius 3 is 2.36 bits per heavy atom. The molecule has 6 nitrogen and oxygen atoms in total. The maximum Gasteiger partial charge on any atom is 0.317 e. The number of urea groups is 1. The van der Waals surface area contributed by atoms with E-state index in [4.69, 9.17) is 9.84 Å². The largest absolute Gasteiger partial charge is 0.496 e. The molecular weight excluding hydrogens is 284 g/mol. The number of hydrogen-bond acceptors (Lipinski definition) is 3. The highest BCUT2D eigenvalue weighted by Gasteiger charge is 2.11. The highest BCUT2D eigenvalue weighted by molar-refractivity contribution is 5.74. The molecule has 0 unspecified atom stereocenters. The molecule has 0 aliphatic heterocycles. The van der Waals surface area contributed by atoms with Gasteiger partial charge >= 0.3 is 12.0 Å². The van der Waals surface area contributed by atoms with Gasteiger partial charge < -0.3 is 20.1 Å². The normalized spacial score (nSPS) is 10.2. The first-order chi connectivity index (χ1) is 10.3. The topological polar surface area (TPSA) is 78.9 Å². The summed E-state index contributed by atoms with van der Waals surface area (Å²) in [6, 6.07) is 3.79. The van der Waals surface area contributed by atoms with Crippen LogP contribution in [-0.2, 0) is 11.3 Å². The van der Waals surface area contributed by atoms with Crippen LogP contribution in [0.1, 0.15) is 29.5 Å². The number of carbonyl (C=O) groups excluding carboxylic acids is 1. The van der Waals surface area contributed by atoms with Crippen LogP contribution >= 0.6 is 0 Å². The molecule has 2 N–H and O–H groups in total. The summed E-state index contributed by atoms with van der Waals surface area (Å²) in [6.07, 6.45) is 0.483. The standard InChI is InChI=1S/C16H24N2O4/c1-11-8-13(9-12(2)15(11)22-4)10-18(3)16(21)17-7-5-6-14(19)20/h8-9H,5-7,10H2,1-4H3,(H,17,21)(H,19,20). The average molecular weight is 308 g/mol. The third-order valence-electron chi connectivity index (χ3n) is 3.33. The number of carbonyl (C=O) groups is 2. The van der Waals surface area contributed by atoms with E-state index < -0.39 is 5.97 Å². The molecule has 0 bridgehead atoms. The first kappa shape index (κ1) is 17.8. The molecule has 0 aliphatic rings. The van der Waals surface area contributed by atoms with E-state index in [1.165, 1.54) is 0 Å². The number of carboxylic acid groups (broad SMARTS) is 1. The second-order valence-electron chi connectivity index (χ2n) is 5.35. The SMILES string of the molecule is COc1c(C)cc(CN(C)C(=O)NCCCC(=O)O)cc1C. The van der Waals surface area contributed by atoms with Crippen LogP contribution < -0.4 is 10.1 Å². The highest BCUT2D eigenvalue weighted by Crippen LogP contribution is 2.24. The second kappa shape index (κ2) is 8.26. The summed E-state index contributed by atoms with van der Waals surface area (Å²) < 4.78 is 5.33. The number of amides is 2. The zero-order chi connectivity index (χ0) is 16.7. The van der Waals surface area contributed by atoms with Gasteiger partial charge in [0.15, 0.2) is 0 Å². The summed E-state index contributed by atoms with van der Waals surface area (Å²) in [5, 5.41) is 11.3. The quantitative estimate of drug-likeness (QED) is 0.758. The lowest BCUT2D eigenvalue weighted by Gasteiger charge is -2.19. The molecule has 0 saturated heterocycles. The Morgan fingerprint density at radius 2 is 1.86 bits per heavy atom. The number of ether oxygens (including phenoxy) is 1. The molecule has 122 valence electrons. The molecule has 22 heavy (non-hydrogen) atoms. The van der Waals surface area contributed by atoms with Crippen molar-refractivity contribution in [2.24, 2.45) is 0 Å². The Morgan fingerprint density at radius 1 is 1.27 bits per heavy atom. The zero-order valence-electron chi connectivity index (χ0n) is 13.6. The number of methoxy groups -OCH3 is 1. The van der Waals surface area contributed by atoms with E-state index in [9.17, 15) is 9.59 Å². The minimum absolute atomic E-state index is 0.0564. The van der Waals surface area contributed by atoms with Gasteiger partial charge in [-0.25, -0.2) is 4.79 Å². The fourth-order valence-electron chi connectivity index (χ4n) is 2.37. The Labute approximate surface area is 131 Å². The molecule has 0 atom stereocenters. The Bertz CT molecular complexity index is 520. The van der Waals surface area contributed by atoms with Gasteiger partial charge in [0.1, 0.15) is 5.75 Å². The lowest BCUT2D eigenvalue weighted by atomic mass is 10.1. The maximum absolute atomic E-state index is 11.9. The lowest BCUT2D eigenvalue weighted by molar-refractivity contribution is -0.137. The summed E-state index contributed by atoms with van der Waals surface area (Å²) in [7, 11) is 3.35. The molecule has 0 spiro atoms. The van der Waals surface area contributed by atoms with Crippen molar-refractivity contribution < 1.29 is 19.4 Å². The first-order valence-corrected chi connectivity index (χ1v) is 7.20. The third kappa shape index (κ3) is 5.27. The van der Waals surface area contributed by atoms with Crippen LogP contribution in [0.25, 0.3) is 0 Å². The highest BCUT2D eigenvalue weighted by atomic mass is 16.5. The predicted molar refractivity (Wildman–Crippen MR) is 84.2 cm³/mol. The molecule has 6 heteroatoms. The van der Waals surface area contributed by atoms with Gasteiger partial charge in [0.2, 0.25) is 0 Å². The van der Waals surface area contributed by atoms with Crippen LogP contribution in [0.15, 0.2) is 12.1 Å². The molecule has 1 aromatic carbocycles. The van der Waals surface area contributed by atoms with Crippen LogP contribution in [0.4, 0.5) is 4.79 Å². The van der Waals surface area contributed by atoms with Crippen LogP contribution in [-0.4, -0.2) is 42.7 Å². The predicted octanol–water partition coefficient (Wildman–Crippen LogP) is 2.32.